The van der Waals surface area contributed by atoms with Crippen LogP contribution >= 0.6 is 23.0 Å². The molecule has 4 rings (SSSR count). The van der Waals surface area contributed by atoms with Crippen molar-refractivity contribution in [3.8, 4) is 11.5 Å². The van der Waals surface area contributed by atoms with Crippen molar-refractivity contribution in [1.29, 1.82) is 0 Å². The molecule has 2 heterocycles. The number of fused-ring (bicyclic) bond motifs is 2. The van der Waals surface area contributed by atoms with E-state index in [-0.39, 0.29) is 0 Å². The van der Waals surface area contributed by atoms with E-state index in [1.54, 1.807) is 0 Å². The Hall–Kier alpha value is -1.99. The normalized spacial score (nSPS) is 13.2. The molecule has 0 saturated heterocycles. The molecule has 0 unspecified atom stereocenters. The summed E-state index contributed by atoms with van der Waals surface area (Å²) in [6.07, 6.45) is 4.24. The Balaban J connectivity index is 1.47. The second-order valence-corrected chi connectivity index (χ2v) is 6.95. The van der Waals surface area contributed by atoms with Gasteiger partial charge in [-0.2, -0.15) is 0 Å². The second kappa shape index (κ2) is 7.72. The second-order valence-electron chi connectivity index (χ2n) is 6.33. The van der Waals surface area contributed by atoms with Crippen LogP contribution in [-0.4, -0.2) is 17.8 Å². The fourth-order valence-corrected chi connectivity index (χ4v) is 3.62. The molecule has 0 saturated carbocycles. The van der Waals surface area contributed by atoms with Crippen LogP contribution in [0, 0.1) is 0 Å². The van der Waals surface area contributed by atoms with E-state index in [9.17, 15) is 0 Å². The lowest BCUT2D eigenvalue weighted by molar-refractivity contribution is 0.298. The van der Waals surface area contributed by atoms with Crippen LogP contribution in [0.15, 0.2) is 54.2 Å². The third-order valence-corrected chi connectivity index (χ3v) is 4.89. The highest BCUT2D eigenvalue weighted by Crippen LogP contribution is 2.31. The fraction of sp³-hybridized carbons (Fsp3) is 0.238. The van der Waals surface area contributed by atoms with Gasteiger partial charge < -0.3 is 17.1 Å². The van der Waals surface area contributed by atoms with Crippen molar-refractivity contribution in [3.63, 3.8) is 0 Å². The van der Waals surface area contributed by atoms with Crippen LogP contribution in [0.4, 0.5) is 0 Å². The van der Waals surface area contributed by atoms with E-state index in [0.29, 0.717) is 19.8 Å². The first-order valence-corrected chi connectivity index (χ1v) is 9.55. The van der Waals surface area contributed by atoms with Crippen molar-refractivity contribution in [2.75, 3.05) is 13.2 Å². The Bertz CT molecular complexity index is 961. The number of halogens is 1. The summed E-state index contributed by atoms with van der Waals surface area (Å²) in [5.41, 5.74) is 4.62. The van der Waals surface area contributed by atoms with Crippen LogP contribution in [-0.2, 0) is 16.2 Å². The molecule has 3 aromatic rings. The summed E-state index contributed by atoms with van der Waals surface area (Å²) >= 11 is 1.90. The maximum absolute atomic E-state index is 5.98. The summed E-state index contributed by atoms with van der Waals surface area (Å²) in [7, 11) is 0. The van der Waals surface area contributed by atoms with Gasteiger partial charge in [0.25, 0.3) is 0 Å². The van der Waals surface area contributed by atoms with E-state index in [0.717, 1.165) is 34.7 Å². The number of aryl methyl sites for hydroxylation is 1. The highest BCUT2D eigenvalue weighted by Gasteiger charge is 2.12. The van der Waals surface area contributed by atoms with Crippen LogP contribution in [0.25, 0.3) is 17.0 Å². The Morgan fingerprint density at radius 1 is 1.12 bits per heavy atom. The average molecular weight is 461 g/mol. The lowest BCUT2D eigenvalue weighted by atomic mass is 10.1. The fourth-order valence-electron chi connectivity index (χ4n) is 3.22. The first-order valence-electron chi connectivity index (χ1n) is 8.67. The van der Waals surface area contributed by atoms with E-state index in [4.69, 9.17) is 12.5 Å². The summed E-state index contributed by atoms with van der Waals surface area (Å²) in [6, 6.07) is 14.6. The third-order valence-electron chi connectivity index (χ3n) is 4.58. The zero-order chi connectivity index (χ0) is 17.9. The molecular formula is C21H20INO3. The smallest absolute Gasteiger partial charge is 0.130 e. The molecule has 1 aliphatic heterocycles. The minimum absolute atomic E-state index is 0.537. The predicted octanol–water partition coefficient (Wildman–Crippen LogP) is 5.38. The monoisotopic (exact) mass is 461 g/mol. The predicted molar refractivity (Wildman–Crippen MR) is 112 cm³/mol. The van der Waals surface area contributed by atoms with Gasteiger partial charge in [-0.25, -0.2) is 0 Å². The molecule has 0 N–H and O–H groups in total. The lowest BCUT2D eigenvalue weighted by Gasteiger charge is -2.18. The molecule has 0 aliphatic carbocycles. The number of benzene rings is 2. The first-order chi connectivity index (χ1) is 12.8. The van der Waals surface area contributed by atoms with E-state index < -0.39 is 0 Å². The van der Waals surface area contributed by atoms with Crippen molar-refractivity contribution in [3.05, 3.63) is 65.4 Å². The van der Waals surface area contributed by atoms with Gasteiger partial charge in [0.15, 0.2) is 0 Å². The zero-order valence-corrected chi connectivity index (χ0v) is 16.7. The van der Waals surface area contributed by atoms with Crippen molar-refractivity contribution in [2.24, 2.45) is 0 Å². The minimum Gasteiger partial charge on any atom is -0.489 e. The van der Waals surface area contributed by atoms with Crippen LogP contribution < -0.4 is 9.47 Å². The summed E-state index contributed by atoms with van der Waals surface area (Å²) in [5, 5.41) is 1.25. The number of ether oxygens (including phenoxy) is 2. The van der Waals surface area contributed by atoms with Gasteiger partial charge >= 0.3 is 0 Å². The van der Waals surface area contributed by atoms with E-state index in [1.165, 1.54) is 10.9 Å². The molecule has 0 atom stereocenters. The number of hydrogen-bond donors (Lipinski definition) is 0. The van der Waals surface area contributed by atoms with Gasteiger partial charge in [-0.05, 0) is 59.9 Å². The topological polar surface area (TPSA) is 32.6 Å². The van der Waals surface area contributed by atoms with Crippen LogP contribution in [0.1, 0.15) is 18.1 Å². The molecule has 1 aliphatic rings. The summed E-state index contributed by atoms with van der Waals surface area (Å²) in [4.78, 5) is 0. The maximum atomic E-state index is 5.98. The number of hydrogen-bond acceptors (Lipinski definition) is 3. The van der Waals surface area contributed by atoms with E-state index >= 15 is 0 Å². The summed E-state index contributed by atoms with van der Waals surface area (Å²) in [6.45, 7) is 4.82. The molecule has 4 nitrogen and oxygen atoms in total. The third kappa shape index (κ3) is 3.59. The largest absolute Gasteiger partial charge is 0.489 e. The SMILES string of the molecule is CCn1ccc2cc(COc3ccc4c(c3)OCC(COI)=C4)ccc21. The molecule has 0 spiro atoms. The van der Waals surface area contributed by atoms with Crippen molar-refractivity contribution >= 4 is 40.0 Å². The molecule has 0 fully saturated rings. The Morgan fingerprint density at radius 2 is 2.04 bits per heavy atom. The quantitative estimate of drug-likeness (QED) is 0.462. The Kier molecular flexibility index (Phi) is 5.17. The highest BCUT2D eigenvalue weighted by atomic mass is 127. The van der Waals surface area contributed by atoms with E-state index in [1.807, 2.05) is 41.2 Å². The van der Waals surface area contributed by atoms with Gasteiger partial charge in [-0.15, -0.1) is 0 Å². The molecule has 2 aromatic carbocycles. The van der Waals surface area contributed by atoms with Gasteiger partial charge in [0, 0.05) is 29.9 Å². The standard InChI is InChI=1S/C21H20INO3/c1-2-23-8-7-17-9-15(3-6-20(17)23)12-24-19-5-4-18-10-16(14-26-22)13-25-21(18)11-19/h3-11H,2,12-14H2,1H3. The molecule has 1 aromatic heterocycles. The average Bonchev–Trinajstić information content (AvgIpc) is 3.09. The molecule has 0 radical (unpaired) electrons. The number of aromatic nitrogens is 1. The maximum Gasteiger partial charge on any atom is 0.130 e. The molecule has 0 bridgehead atoms. The van der Waals surface area contributed by atoms with Gasteiger partial charge in [0.2, 0.25) is 0 Å². The van der Waals surface area contributed by atoms with Gasteiger partial charge in [0.1, 0.15) is 47.7 Å². The Morgan fingerprint density at radius 3 is 2.88 bits per heavy atom. The molecular weight excluding hydrogens is 441 g/mol. The van der Waals surface area contributed by atoms with E-state index in [2.05, 4.69) is 48.0 Å². The molecule has 0 amide bonds. The Labute approximate surface area is 167 Å². The molecule has 5 heteroatoms. The van der Waals surface area contributed by atoms with Crippen LogP contribution in [0.5, 0.6) is 11.5 Å². The first kappa shape index (κ1) is 17.4. The van der Waals surface area contributed by atoms with Gasteiger partial charge in [0.05, 0.1) is 6.61 Å². The molecule has 134 valence electrons. The zero-order valence-electron chi connectivity index (χ0n) is 14.6. The number of nitrogens with zero attached hydrogens (tertiary/aromatic N) is 1. The highest BCUT2D eigenvalue weighted by molar-refractivity contribution is 14.1. The van der Waals surface area contributed by atoms with Crippen LogP contribution in [0.3, 0.4) is 0 Å². The number of rotatable bonds is 6. The van der Waals surface area contributed by atoms with Crippen molar-refractivity contribution in [2.45, 2.75) is 20.1 Å². The van der Waals surface area contributed by atoms with Crippen molar-refractivity contribution < 1.29 is 12.5 Å². The van der Waals surface area contributed by atoms with Crippen molar-refractivity contribution in [1.82, 2.24) is 4.57 Å². The minimum atomic E-state index is 0.537. The lowest BCUT2D eigenvalue weighted by Crippen LogP contribution is -2.10. The van der Waals surface area contributed by atoms with Gasteiger partial charge in [-0.1, -0.05) is 6.07 Å². The van der Waals surface area contributed by atoms with Crippen LogP contribution in [0.2, 0.25) is 0 Å². The molecule has 26 heavy (non-hydrogen) atoms. The van der Waals surface area contributed by atoms with Gasteiger partial charge in [-0.3, -0.25) is 0 Å². The summed E-state index contributed by atoms with van der Waals surface area (Å²) in [5.74, 6) is 1.67. The summed E-state index contributed by atoms with van der Waals surface area (Å²) < 4.78 is 19.2.